The number of methoxy groups -OCH3 is 1. The van der Waals surface area contributed by atoms with Crippen LogP contribution in [0.3, 0.4) is 0 Å². The predicted molar refractivity (Wildman–Crippen MR) is 153 cm³/mol. The van der Waals surface area contributed by atoms with E-state index in [1.54, 1.807) is 7.11 Å². The van der Waals surface area contributed by atoms with Gasteiger partial charge in [0.15, 0.2) is 11.5 Å². The summed E-state index contributed by atoms with van der Waals surface area (Å²) in [5.41, 5.74) is 4.35. The van der Waals surface area contributed by atoms with E-state index in [2.05, 4.69) is 33.1 Å². The quantitative estimate of drug-likeness (QED) is 0.305. The van der Waals surface area contributed by atoms with Gasteiger partial charge in [-0.25, -0.2) is 0 Å². The van der Waals surface area contributed by atoms with E-state index >= 15 is 0 Å². The number of amides is 1. The number of hydrogen-bond donors (Lipinski definition) is 1. The minimum absolute atomic E-state index is 0.0313. The maximum Gasteiger partial charge on any atom is 0.220 e. The van der Waals surface area contributed by atoms with E-state index in [0.29, 0.717) is 31.1 Å². The molecule has 5 rings (SSSR count). The lowest BCUT2D eigenvalue weighted by molar-refractivity contribution is -0.121. The number of nitrogens with zero attached hydrogens (tertiary/aromatic N) is 2. The number of hydrogen-bond acceptors (Lipinski definition) is 5. The van der Waals surface area contributed by atoms with Gasteiger partial charge >= 0.3 is 0 Å². The molecule has 0 spiro atoms. The second-order valence-electron chi connectivity index (χ2n) is 9.96. The number of rotatable bonds is 11. The largest absolute Gasteiger partial charge is 0.493 e. The zero-order chi connectivity index (χ0) is 27.0. The smallest absolute Gasteiger partial charge is 0.220 e. The van der Waals surface area contributed by atoms with Crippen LogP contribution in [0.1, 0.15) is 29.0 Å². The normalized spacial score (nSPS) is 14.7. The summed E-state index contributed by atoms with van der Waals surface area (Å²) in [6.07, 6.45) is 2.48. The van der Waals surface area contributed by atoms with Gasteiger partial charge in [-0.1, -0.05) is 54.6 Å². The van der Waals surface area contributed by atoms with E-state index in [1.807, 2.05) is 67.7 Å². The Balaban J connectivity index is 1.40. The first-order valence-corrected chi connectivity index (χ1v) is 13.6. The van der Waals surface area contributed by atoms with Crippen molar-refractivity contribution in [2.45, 2.75) is 18.9 Å². The van der Waals surface area contributed by atoms with Crippen LogP contribution in [0.4, 0.5) is 0 Å². The molecule has 1 fully saturated rings. The summed E-state index contributed by atoms with van der Waals surface area (Å²) in [4.78, 5) is 15.6. The van der Waals surface area contributed by atoms with Crippen LogP contribution in [0.15, 0.2) is 79.0 Å². The fourth-order valence-electron chi connectivity index (χ4n) is 5.25. The molecule has 1 aliphatic rings. The van der Waals surface area contributed by atoms with Crippen LogP contribution in [0, 0.1) is 0 Å². The molecule has 4 aromatic rings. The molecule has 0 aliphatic carbocycles. The number of ether oxygens (including phenoxy) is 3. The maximum atomic E-state index is 13.3. The second kappa shape index (κ2) is 12.8. The monoisotopic (exact) mass is 527 g/mol. The van der Waals surface area contributed by atoms with Gasteiger partial charge in [-0.05, 0) is 34.9 Å². The van der Waals surface area contributed by atoms with Gasteiger partial charge in [-0.2, -0.15) is 0 Å². The van der Waals surface area contributed by atoms with Gasteiger partial charge in [0, 0.05) is 62.7 Å². The Kier molecular flexibility index (Phi) is 8.81. The van der Waals surface area contributed by atoms with Gasteiger partial charge in [0.1, 0.15) is 6.61 Å². The summed E-state index contributed by atoms with van der Waals surface area (Å²) in [5, 5.41) is 4.30. The number of nitrogens with one attached hydrogen (secondary N) is 1. The maximum absolute atomic E-state index is 13.3. The molecule has 1 atom stereocenters. The van der Waals surface area contributed by atoms with E-state index in [1.165, 1.54) is 0 Å². The molecule has 39 heavy (non-hydrogen) atoms. The molecule has 1 unspecified atom stereocenters. The molecule has 7 nitrogen and oxygen atoms in total. The molecule has 0 saturated carbocycles. The first kappa shape index (κ1) is 26.8. The van der Waals surface area contributed by atoms with E-state index in [4.69, 9.17) is 14.2 Å². The lowest BCUT2D eigenvalue weighted by Gasteiger charge is -2.26. The van der Waals surface area contributed by atoms with Crippen LogP contribution in [0.2, 0.25) is 0 Å². The molecule has 0 bridgehead atoms. The van der Waals surface area contributed by atoms with Crippen LogP contribution < -0.4 is 14.8 Å². The number of para-hydroxylation sites is 1. The number of carbonyl (C=O) groups is 1. The number of carbonyl (C=O) groups excluding carboxylic acids is 1. The lowest BCUT2D eigenvalue weighted by atomic mass is 9.87. The SMILES string of the molecule is COc1ccc(C(CC(=O)NCCN2CCOCC2)c2cn(C)c3ccccc23)cc1OCc1ccccc1. The number of morpholine rings is 1. The van der Waals surface area contributed by atoms with Gasteiger partial charge in [-0.15, -0.1) is 0 Å². The fraction of sp³-hybridized carbons (Fsp3) is 0.344. The third-order valence-corrected chi connectivity index (χ3v) is 7.37. The van der Waals surface area contributed by atoms with Crippen molar-refractivity contribution >= 4 is 16.8 Å². The summed E-state index contributed by atoms with van der Waals surface area (Å²) in [6, 6.07) is 24.4. The Morgan fingerprint density at radius 1 is 1.00 bits per heavy atom. The van der Waals surface area contributed by atoms with Gasteiger partial charge in [-0.3, -0.25) is 9.69 Å². The molecule has 1 N–H and O–H groups in total. The lowest BCUT2D eigenvalue weighted by Crippen LogP contribution is -2.41. The minimum Gasteiger partial charge on any atom is -0.493 e. The highest BCUT2D eigenvalue weighted by molar-refractivity contribution is 5.86. The molecule has 2 heterocycles. The van der Waals surface area contributed by atoms with Gasteiger partial charge in [0.25, 0.3) is 0 Å². The van der Waals surface area contributed by atoms with Crippen molar-refractivity contribution in [1.29, 1.82) is 0 Å². The molecule has 1 aromatic heterocycles. The van der Waals surface area contributed by atoms with Gasteiger partial charge in [0.05, 0.1) is 20.3 Å². The Bertz CT molecular complexity index is 1380. The van der Waals surface area contributed by atoms with Crippen molar-refractivity contribution in [3.63, 3.8) is 0 Å². The van der Waals surface area contributed by atoms with Crippen LogP contribution in [0.25, 0.3) is 10.9 Å². The summed E-state index contributed by atoms with van der Waals surface area (Å²) in [7, 11) is 3.70. The van der Waals surface area contributed by atoms with Crippen molar-refractivity contribution in [1.82, 2.24) is 14.8 Å². The average Bonchev–Trinajstić information content (AvgIpc) is 3.32. The molecule has 204 valence electrons. The van der Waals surface area contributed by atoms with Crippen molar-refractivity contribution in [3.05, 3.63) is 95.7 Å². The van der Waals surface area contributed by atoms with Crippen molar-refractivity contribution in [2.75, 3.05) is 46.5 Å². The molecular weight excluding hydrogens is 490 g/mol. The van der Waals surface area contributed by atoms with Crippen LogP contribution >= 0.6 is 0 Å². The highest BCUT2D eigenvalue weighted by Crippen LogP contribution is 2.38. The number of aryl methyl sites for hydroxylation is 1. The number of benzene rings is 3. The second-order valence-corrected chi connectivity index (χ2v) is 9.96. The van der Waals surface area contributed by atoms with Crippen molar-refractivity contribution in [2.24, 2.45) is 7.05 Å². The van der Waals surface area contributed by atoms with E-state index in [9.17, 15) is 4.79 Å². The summed E-state index contributed by atoms with van der Waals surface area (Å²) in [6.45, 7) is 5.20. The Labute approximate surface area is 230 Å². The predicted octanol–water partition coefficient (Wildman–Crippen LogP) is 4.74. The highest BCUT2D eigenvalue weighted by Gasteiger charge is 2.24. The minimum atomic E-state index is -0.149. The molecule has 7 heteroatoms. The summed E-state index contributed by atoms with van der Waals surface area (Å²) < 4.78 is 19.4. The third-order valence-electron chi connectivity index (χ3n) is 7.37. The standard InChI is InChI=1S/C32H37N3O4/c1-34-22-28(26-10-6-7-11-29(26)34)27(21-32(36)33-14-15-35-16-18-38-19-17-35)25-12-13-30(37-2)31(20-25)39-23-24-8-4-3-5-9-24/h3-13,20,22,27H,14-19,21,23H2,1-2H3,(H,33,36). The van der Waals surface area contributed by atoms with E-state index < -0.39 is 0 Å². The molecular formula is C32H37N3O4. The van der Waals surface area contributed by atoms with Crippen LogP contribution in [0.5, 0.6) is 11.5 Å². The zero-order valence-electron chi connectivity index (χ0n) is 22.8. The van der Waals surface area contributed by atoms with Gasteiger partial charge < -0.3 is 24.1 Å². The van der Waals surface area contributed by atoms with Crippen LogP contribution in [-0.4, -0.2) is 61.9 Å². The summed E-state index contributed by atoms with van der Waals surface area (Å²) in [5.74, 6) is 1.21. The first-order chi connectivity index (χ1) is 19.1. The van der Waals surface area contributed by atoms with Crippen molar-refractivity contribution < 1.29 is 19.0 Å². The van der Waals surface area contributed by atoms with E-state index in [0.717, 1.165) is 60.4 Å². The molecule has 1 amide bonds. The Morgan fingerprint density at radius 2 is 1.77 bits per heavy atom. The first-order valence-electron chi connectivity index (χ1n) is 13.6. The zero-order valence-corrected chi connectivity index (χ0v) is 22.8. The molecule has 0 radical (unpaired) electrons. The highest BCUT2D eigenvalue weighted by atomic mass is 16.5. The number of aromatic nitrogens is 1. The summed E-state index contributed by atoms with van der Waals surface area (Å²) >= 11 is 0. The van der Waals surface area contributed by atoms with Crippen molar-refractivity contribution in [3.8, 4) is 11.5 Å². The number of fused-ring (bicyclic) bond motifs is 1. The average molecular weight is 528 g/mol. The molecule has 1 aliphatic heterocycles. The Hall–Kier alpha value is -3.81. The Morgan fingerprint density at radius 3 is 2.56 bits per heavy atom. The fourth-order valence-corrected chi connectivity index (χ4v) is 5.25. The topological polar surface area (TPSA) is 65.0 Å². The molecule has 3 aromatic carbocycles. The van der Waals surface area contributed by atoms with Gasteiger partial charge in [0.2, 0.25) is 5.91 Å². The van der Waals surface area contributed by atoms with Crippen LogP contribution in [-0.2, 0) is 23.2 Å². The van der Waals surface area contributed by atoms with E-state index in [-0.39, 0.29) is 11.8 Å². The molecule has 1 saturated heterocycles. The third kappa shape index (κ3) is 6.61.